The second kappa shape index (κ2) is 9.38. The van der Waals surface area contributed by atoms with E-state index in [4.69, 9.17) is 9.47 Å². The summed E-state index contributed by atoms with van der Waals surface area (Å²) >= 11 is 0. The lowest BCUT2D eigenvalue weighted by Gasteiger charge is -2.27. The zero-order valence-electron chi connectivity index (χ0n) is 15.3. The summed E-state index contributed by atoms with van der Waals surface area (Å²) in [5.74, 6) is 1.39. The highest BCUT2D eigenvalue weighted by molar-refractivity contribution is 5.81. The number of carbonyl (C=O) groups is 1. The van der Waals surface area contributed by atoms with Gasteiger partial charge in [0, 0.05) is 38.6 Å². The topological polar surface area (TPSA) is 75.2 Å². The fourth-order valence-electron chi connectivity index (χ4n) is 3.94. The van der Waals surface area contributed by atoms with E-state index in [0.717, 1.165) is 38.3 Å². The average molecular weight is 352 g/mol. The second-order valence-electron chi connectivity index (χ2n) is 7.27. The number of guanidine groups is 1. The van der Waals surface area contributed by atoms with Gasteiger partial charge in [-0.2, -0.15) is 0 Å². The van der Waals surface area contributed by atoms with Crippen LogP contribution in [0.25, 0.3) is 0 Å². The van der Waals surface area contributed by atoms with Crippen LogP contribution in [0.5, 0.6) is 0 Å². The third kappa shape index (κ3) is 5.31. The molecular formula is C18H32N4O3. The Balaban J connectivity index is 1.40. The number of aliphatic imine (C=N–C) groups is 1. The molecule has 7 heteroatoms. The Labute approximate surface area is 150 Å². The number of nitrogens with zero attached hydrogens (tertiary/aromatic N) is 2. The van der Waals surface area contributed by atoms with Gasteiger partial charge in [0.05, 0.1) is 25.9 Å². The zero-order valence-corrected chi connectivity index (χ0v) is 15.3. The predicted octanol–water partition coefficient (Wildman–Crippen LogP) is 0.748. The van der Waals surface area contributed by atoms with Gasteiger partial charge in [0.1, 0.15) is 0 Å². The van der Waals surface area contributed by atoms with Gasteiger partial charge >= 0.3 is 0 Å². The first kappa shape index (κ1) is 18.5. The van der Waals surface area contributed by atoms with E-state index in [1.54, 1.807) is 7.05 Å². The SMILES string of the molecule is CN=C(NCC1COCCO1)NC1CCN(C(=O)C2CCCCC2)C1. The van der Waals surface area contributed by atoms with E-state index in [0.29, 0.717) is 32.3 Å². The molecule has 142 valence electrons. The van der Waals surface area contributed by atoms with Crippen molar-refractivity contribution in [3.63, 3.8) is 0 Å². The monoisotopic (exact) mass is 352 g/mol. The Morgan fingerprint density at radius 3 is 2.76 bits per heavy atom. The van der Waals surface area contributed by atoms with Crippen molar-refractivity contribution in [1.82, 2.24) is 15.5 Å². The molecule has 3 fully saturated rings. The molecule has 3 rings (SSSR count). The third-order valence-corrected chi connectivity index (χ3v) is 5.40. The molecule has 0 aromatic carbocycles. The second-order valence-corrected chi connectivity index (χ2v) is 7.27. The Hall–Kier alpha value is -1.34. The van der Waals surface area contributed by atoms with Gasteiger partial charge < -0.3 is 25.0 Å². The van der Waals surface area contributed by atoms with Crippen LogP contribution in [-0.2, 0) is 14.3 Å². The molecule has 0 bridgehead atoms. The predicted molar refractivity (Wildman–Crippen MR) is 96.6 cm³/mol. The highest BCUT2D eigenvalue weighted by Crippen LogP contribution is 2.26. The number of likely N-dealkylation sites (tertiary alicyclic amines) is 1. The van der Waals surface area contributed by atoms with Crippen LogP contribution in [0, 0.1) is 5.92 Å². The van der Waals surface area contributed by atoms with E-state index in [-0.39, 0.29) is 18.1 Å². The molecular weight excluding hydrogens is 320 g/mol. The lowest BCUT2D eigenvalue weighted by molar-refractivity contribution is -0.135. The van der Waals surface area contributed by atoms with Crippen LogP contribution >= 0.6 is 0 Å². The molecule has 2 aliphatic heterocycles. The molecule has 2 N–H and O–H groups in total. The minimum Gasteiger partial charge on any atom is -0.376 e. The minimum atomic E-state index is 0.0697. The van der Waals surface area contributed by atoms with E-state index >= 15 is 0 Å². The Bertz CT molecular complexity index is 459. The number of nitrogens with one attached hydrogen (secondary N) is 2. The molecule has 1 aliphatic carbocycles. The molecule has 0 aromatic heterocycles. The van der Waals surface area contributed by atoms with Crippen LogP contribution < -0.4 is 10.6 Å². The number of ether oxygens (including phenoxy) is 2. The lowest BCUT2D eigenvalue weighted by atomic mass is 9.88. The van der Waals surface area contributed by atoms with E-state index in [1.807, 2.05) is 4.90 Å². The number of amides is 1. The normalized spacial score (nSPS) is 28.8. The van der Waals surface area contributed by atoms with Crippen LogP contribution in [0.15, 0.2) is 4.99 Å². The van der Waals surface area contributed by atoms with Crippen LogP contribution in [0.2, 0.25) is 0 Å². The van der Waals surface area contributed by atoms with Crippen molar-refractivity contribution in [1.29, 1.82) is 0 Å². The summed E-state index contributed by atoms with van der Waals surface area (Å²) in [4.78, 5) is 19.0. The number of hydrogen-bond donors (Lipinski definition) is 2. The molecule has 2 unspecified atom stereocenters. The first-order valence-electron chi connectivity index (χ1n) is 9.71. The molecule has 7 nitrogen and oxygen atoms in total. The van der Waals surface area contributed by atoms with E-state index < -0.39 is 0 Å². The van der Waals surface area contributed by atoms with Crippen molar-refractivity contribution in [3.05, 3.63) is 0 Å². The van der Waals surface area contributed by atoms with Gasteiger partial charge in [0.25, 0.3) is 0 Å². The van der Waals surface area contributed by atoms with Gasteiger partial charge in [0.15, 0.2) is 5.96 Å². The minimum absolute atomic E-state index is 0.0697. The Morgan fingerprint density at radius 1 is 1.20 bits per heavy atom. The average Bonchev–Trinajstić information content (AvgIpc) is 3.14. The maximum absolute atomic E-state index is 12.7. The Kier molecular flexibility index (Phi) is 6.93. The highest BCUT2D eigenvalue weighted by Gasteiger charge is 2.31. The van der Waals surface area contributed by atoms with Gasteiger partial charge in [0.2, 0.25) is 5.91 Å². The summed E-state index contributed by atoms with van der Waals surface area (Å²) in [6, 6.07) is 0.266. The molecule has 2 saturated heterocycles. The third-order valence-electron chi connectivity index (χ3n) is 5.40. The molecule has 1 amide bonds. The van der Waals surface area contributed by atoms with Crippen LogP contribution in [0.3, 0.4) is 0 Å². The van der Waals surface area contributed by atoms with Gasteiger partial charge in [-0.25, -0.2) is 0 Å². The smallest absolute Gasteiger partial charge is 0.225 e. The largest absolute Gasteiger partial charge is 0.376 e. The van der Waals surface area contributed by atoms with Crippen LogP contribution in [0.1, 0.15) is 38.5 Å². The first-order chi connectivity index (χ1) is 12.3. The van der Waals surface area contributed by atoms with E-state index in [9.17, 15) is 4.79 Å². The summed E-state index contributed by atoms with van der Waals surface area (Å²) < 4.78 is 11.0. The van der Waals surface area contributed by atoms with Crippen LogP contribution in [0.4, 0.5) is 0 Å². The van der Waals surface area contributed by atoms with Crippen molar-refractivity contribution in [2.24, 2.45) is 10.9 Å². The molecule has 2 heterocycles. The summed E-state index contributed by atoms with van der Waals surface area (Å²) in [6.07, 6.45) is 6.87. The maximum atomic E-state index is 12.7. The van der Waals surface area contributed by atoms with Crippen LogP contribution in [-0.4, -0.2) is 75.4 Å². The lowest BCUT2D eigenvalue weighted by Crippen LogP contribution is -2.48. The van der Waals surface area contributed by atoms with Gasteiger partial charge in [-0.1, -0.05) is 19.3 Å². The van der Waals surface area contributed by atoms with E-state index in [1.165, 1.54) is 19.3 Å². The van der Waals surface area contributed by atoms with Crippen molar-refractivity contribution >= 4 is 11.9 Å². The molecule has 25 heavy (non-hydrogen) atoms. The zero-order chi connectivity index (χ0) is 17.5. The molecule has 3 aliphatic rings. The van der Waals surface area contributed by atoms with Crippen molar-refractivity contribution < 1.29 is 14.3 Å². The fraction of sp³-hybridized carbons (Fsp3) is 0.889. The summed E-state index contributed by atoms with van der Waals surface area (Å²) in [5, 5.41) is 6.75. The number of carbonyl (C=O) groups excluding carboxylic acids is 1. The standard InChI is InChI=1S/C18H32N4O3/c1-19-18(20-11-16-13-24-9-10-25-16)21-15-7-8-22(12-15)17(23)14-5-3-2-4-6-14/h14-16H,2-13H2,1H3,(H2,19,20,21). The molecule has 1 saturated carbocycles. The molecule has 2 atom stereocenters. The fourth-order valence-corrected chi connectivity index (χ4v) is 3.94. The first-order valence-corrected chi connectivity index (χ1v) is 9.71. The van der Waals surface area contributed by atoms with Gasteiger partial charge in [-0.15, -0.1) is 0 Å². The number of hydrogen-bond acceptors (Lipinski definition) is 4. The Morgan fingerprint density at radius 2 is 2.04 bits per heavy atom. The summed E-state index contributed by atoms with van der Waals surface area (Å²) in [5.41, 5.74) is 0. The summed E-state index contributed by atoms with van der Waals surface area (Å²) in [6.45, 7) is 4.26. The number of rotatable bonds is 4. The molecule has 0 aromatic rings. The quantitative estimate of drug-likeness (QED) is 0.577. The van der Waals surface area contributed by atoms with Crippen molar-refractivity contribution in [2.45, 2.75) is 50.7 Å². The van der Waals surface area contributed by atoms with Crippen molar-refractivity contribution in [3.8, 4) is 0 Å². The van der Waals surface area contributed by atoms with E-state index in [2.05, 4.69) is 15.6 Å². The van der Waals surface area contributed by atoms with Crippen molar-refractivity contribution in [2.75, 3.05) is 46.5 Å². The van der Waals surface area contributed by atoms with Gasteiger partial charge in [-0.05, 0) is 19.3 Å². The molecule has 0 radical (unpaired) electrons. The van der Waals surface area contributed by atoms with Gasteiger partial charge in [-0.3, -0.25) is 9.79 Å². The highest BCUT2D eigenvalue weighted by atomic mass is 16.6. The maximum Gasteiger partial charge on any atom is 0.225 e. The summed E-state index contributed by atoms with van der Waals surface area (Å²) in [7, 11) is 1.77. The molecule has 0 spiro atoms.